The summed E-state index contributed by atoms with van der Waals surface area (Å²) >= 11 is 1.35. The Hall–Kier alpha value is -4.34. The fraction of sp³-hybridized carbons (Fsp3) is 0.194. The van der Waals surface area contributed by atoms with Crippen LogP contribution >= 0.6 is 11.3 Å². The topological polar surface area (TPSA) is 131 Å². The van der Waals surface area contributed by atoms with Crippen molar-refractivity contribution in [1.82, 2.24) is 15.0 Å². The lowest BCUT2D eigenvalue weighted by atomic mass is 10.1. The average molecular weight is 688 g/mol. The van der Waals surface area contributed by atoms with Crippen LogP contribution in [0, 0.1) is 24.4 Å². The van der Waals surface area contributed by atoms with Crippen molar-refractivity contribution in [3.63, 3.8) is 0 Å². The van der Waals surface area contributed by atoms with Crippen molar-refractivity contribution in [3.05, 3.63) is 100 Å². The van der Waals surface area contributed by atoms with E-state index in [0.29, 0.717) is 33.1 Å². The number of sulfone groups is 1. The molecule has 0 amide bonds. The Morgan fingerprint density at radius 1 is 0.870 bits per heavy atom. The Morgan fingerprint density at radius 2 is 1.59 bits per heavy atom. The maximum Gasteiger partial charge on any atom is 0.267 e. The van der Waals surface area contributed by atoms with E-state index in [4.69, 9.17) is 4.98 Å². The lowest BCUT2D eigenvalue weighted by molar-refractivity contribution is 0.521. The highest BCUT2D eigenvalue weighted by Crippen LogP contribution is 2.40. The van der Waals surface area contributed by atoms with Gasteiger partial charge < -0.3 is 5.32 Å². The van der Waals surface area contributed by atoms with Gasteiger partial charge in [0.15, 0.2) is 14.7 Å². The molecule has 0 aliphatic rings. The van der Waals surface area contributed by atoms with Crippen molar-refractivity contribution in [2.75, 3.05) is 16.3 Å². The lowest BCUT2D eigenvalue weighted by Gasteiger charge is -2.12. The number of thiazole rings is 1. The number of anilines is 3. The maximum atomic E-state index is 14.9. The van der Waals surface area contributed by atoms with Crippen LogP contribution in [0.15, 0.2) is 71.8 Å². The third kappa shape index (κ3) is 7.37. The Labute approximate surface area is 268 Å². The first-order valence-corrected chi connectivity index (χ1v) is 18.1. The number of rotatable bonds is 10. The molecule has 0 unspecified atom stereocenters. The molecule has 2 N–H and O–H groups in total. The number of nitrogens with zero attached hydrogens (tertiary/aromatic N) is 3. The second kappa shape index (κ2) is 12.8. The molecule has 5 aromatic rings. The minimum Gasteiger partial charge on any atom is -0.324 e. The molecule has 0 spiro atoms. The first-order valence-electron chi connectivity index (χ1n) is 13.8. The molecule has 0 saturated carbocycles. The fourth-order valence-electron chi connectivity index (χ4n) is 4.56. The zero-order chi connectivity index (χ0) is 33.4. The van der Waals surface area contributed by atoms with Crippen LogP contribution in [0.3, 0.4) is 0 Å². The average Bonchev–Trinajstić information content (AvgIpc) is 3.41. The third-order valence-electron chi connectivity index (χ3n) is 6.66. The zero-order valence-electron chi connectivity index (χ0n) is 25.0. The molecule has 0 radical (unpaired) electrons. The summed E-state index contributed by atoms with van der Waals surface area (Å²) in [5, 5.41) is 3.88. The molecule has 9 nitrogen and oxygen atoms in total. The molecule has 2 aromatic heterocycles. The lowest BCUT2D eigenvalue weighted by Crippen LogP contribution is -2.17. The van der Waals surface area contributed by atoms with E-state index in [9.17, 15) is 30.0 Å². The van der Waals surface area contributed by atoms with Crippen molar-refractivity contribution in [2.45, 2.75) is 37.3 Å². The van der Waals surface area contributed by atoms with Gasteiger partial charge in [0.05, 0.1) is 32.7 Å². The highest BCUT2D eigenvalue weighted by molar-refractivity contribution is 7.92. The predicted octanol–water partition coefficient (Wildman–Crippen LogP) is 7.21. The summed E-state index contributed by atoms with van der Waals surface area (Å²) in [5.41, 5.74) is 2.77. The minimum absolute atomic E-state index is 0.00693. The Bertz CT molecular complexity index is 2150. The van der Waals surface area contributed by atoms with Crippen LogP contribution < -0.4 is 10.0 Å². The largest absolute Gasteiger partial charge is 0.324 e. The minimum atomic E-state index is -4.83. The Kier molecular flexibility index (Phi) is 9.20. The molecular formula is C31H28F3N5O4S3. The van der Waals surface area contributed by atoms with Crippen LogP contribution in [0.2, 0.25) is 0 Å². The van der Waals surface area contributed by atoms with Gasteiger partial charge in [-0.05, 0) is 60.5 Å². The molecule has 240 valence electrons. The molecule has 0 bridgehead atoms. The van der Waals surface area contributed by atoms with Gasteiger partial charge in [-0.3, -0.25) is 4.72 Å². The second-order valence-electron chi connectivity index (χ2n) is 10.8. The molecule has 0 saturated heterocycles. The standard InChI is InChI=1S/C31H28F3N5O4S3/c1-17(2)30-38-27(20-9-10-21(32)26(15-20)39-46(42,43)29-22(33)6-5-7-23(29)34)28(44-30)25-12-13-35-31(37-25)36-24-11-8-19(14-18(24)3)16-45(4,40)41/h5-15,17,39H,16H2,1-4H3,(H,35,36,37). The summed E-state index contributed by atoms with van der Waals surface area (Å²) in [7, 11) is -8.03. The van der Waals surface area contributed by atoms with Crippen LogP contribution in [0.1, 0.15) is 35.9 Å². The van der Waals surface area contributed by atoms with Gasteiger partial charge in [-0.25, -0.2) is 45.0 Å². The summed E-state index contributed by atoms with van der Waals surface area (Å²) in [6.07, 6.45) is 2.72. The quantitative estimate of drug-likeness (QED) is 0.158. The van der Waals surface area contributed by atoms with Gasteiger partial charge in [-0.1, -0.05) is 32.0 Å². The van der Waals surface area contributed by atoms with Gasteiger partial charge in [0, 0.05) is 29.6 Å². The SMILES string of the molecule is Cc1cc(CS(C)(=O)=O)ccc1Nc1nccc(-c2sc(C(C)C)nc2-c2ccc(F)c(NS(=O)(=O)c3c(F)cccc3F)c2)n1. The molecule has 0 atom stereocenters. The molecule has 2 heterocycles. The summed E-state index contributed by atoms with van der Waals surface area (Å²) in [6.45, 7) is 5.72. The van der Waals surface area contributed by atoms with E-state index in [1.165, 1.54) is 29.7 Å². The van der Waals surface area contributed by atoms with Gasteiger partial charge in [0.25, 0.3) is 10.0 Å². The third-order valence-corrected chi connectivity index (χ3v) is 10.3. The van der Waals surface area contributed by atoms with Crippen LogP contribution in [0.25, 0.3) is 21.8 Å². The van der Waals surface area contributed by atoms with Gasteiger partial charge in [0.2, 0.25) is 5.95 Å². The molecular weight excluding hydrogens is 660 g/mol. The van der Waals surface area contributed by atoms with Crippen molar-refractivity contribution < 1.29 is 30.0 Å². The Morgan fingerprint density at radius 3 is 2.24 bits per heavy atom. The number of hydrogen-bond acceptors (Lipinski definition) is 9. The number of aryl methyl sites for hydroxylation is 1. The van der Waals surface area contributed by atoms with E-state index in [1.54, 1.807) is 30.5 Å². The second-order valence-corrected chi connectivity index (χ2v) is 15.6. The molecule has 0 aliphatic carbocycles. The van der Waals surface area contributed by atoms with Gasteiger partial charge in [-0.15, -0.1) is 11.3 Å². The summed E-state index contributed by atoms with van der Waals surface area (Å²) in [6, 6.07) is 13.1. The number of halogens is 3. The highest BCUT2D eigenvalue weighted by Gasteiger charge is 2.26. The highest BCUT2D eigenvalue weighted by atomic mass is 32.2. The molecule has 46 heavy (non-hydrogen) atoms. The molecule has 0 fully saturated rings. The van der Waals surface area contributed by atoms with Crippen LogP contribution in [-0.4, -0.2) is 38.0 Å². The van der Waals surface area contributed by atoms with Gasteiger partial charge >= 0.3 is 0 Å². The smallest absolute Gasteiger partial charge is 0.267 e. The van der Waals surface area contributed by atoms with Crippen LogP contribution in [-0.2, 0) is 25.6 Å². The molecule has 5 rings (SSSR count). The number of sulfonamides is 1. The van der Waals surface area contributed by atoms with E-state index in [2.05, 4.69) is 15.3 Å². The van der Waals surface area contributed by atoms with Crippen LogP contribution in [0.4, 0.5) is 30.5 Å². The maximum absolute atomic E-state index is 14.9. The van der Waals surface area contributed by atoms with E-state index in [1.807, 2.05) is 25.5 Å². The molecule has 3 aromatic carbocycles. The molecule has 0 aliphatic heterocycles. The first-order chi connectivity index (χ1) is 21.6. The van der Waals surface area contributed by atoms with Crippen molar-refractivity contribution >= 4 is 48.5 Å². The van der Waals surface area contributed by atoms with Gasteiger partial charge in [-0.2, -0.15) is 0 Å². The predicted molar refractivity (Wildman–Crippen MR) is 173 cm³/mol. The summed E-state index contributed by atoms with van der Waals surface area (Å²) in [4.78, 5) is 13.1. The van der Waals surface area contributed by atoms with Crippen molar-refractivity contribution in [1.29, 1.82) is 0 Å². The summed E-state index contributed by atoms with van der Waals surface area (Å²) in [5.74, 6) is -3.43. The van der Waals surface area contributed by atoms with Gasteiger partial charge in [0.1, 0.15) is 17.5 Å². The monoisotopic (exact) mass is 687 g/mol. The molecule has 15 heteroatoms. The number of hydrogen-bond donors (Lipinski definition) is 2. The number of nitrogens with one attached hydrogen (secondary N) is 2. The van der Waals surface area contributed by atoms with Crippen molar-refractivity contribution in [2.24, 2.45) is 0 Å². The van der Waals surface area contributed by atoms with Crippen LogP contribution in [0.5, 0.6) is 0 Å². The fourth-order valence-corrected chi connectivity index (χ4v) is 7.61. The van der Waals surface area contributed by atoms with Crippen molar-refractivity contribution in [3.8, 4) is 21.8 Å². The van der Waals surface area contributed by atoms with E-state index in [0.717, 1.165) is 34.8 Å². The number of benzene rings is 3. The van der Waals surface area contributed by atoms with E-state index in [-0.39, 0.29) is 17.6 Å². The Balaban J connectivity index is 1.51. The number of aromatic nitrogens is 3. The van der Waals surface area contributed by atoms with E-state index >= 15 is 0 Å². The summed E-state index contributed by atoms with van der Waals surface area (Å²) < 4.78 is 94.6. The first kappa shape index (κ1) is 33.0. The zero-order valence-corrected chi connectivity index (χ0v) is 27.4. The normalized spacial score (nSPS) is 12.0. The van der Waals surface area contributed by atoms with E-state index < -0.39 is 47.9 Å².